The molecule has 96 valence electrons. The Balaban J connectivity index is 2.33. The van der Waals surface area contributed by atoms with Crippen LogP contribution in [-0.4, -0.2) is 18.3 Å². The van der Waals surface area contributed by atoms with Crippen LogP contribution < -0.4 is 5.32 Å². The lowest BCUT2D eigenvalue weighted by Crippen LogP contribution is -2.30. The molecule has 1 aromatic rings. The minimum absolute atomic E-state index is 0.637. The van der Waals surface area contributed by atoms with E-state index in [4.69, 9.17) is 11.6 Å². The molecule has 1 N–H and O–H groups in total. The Bertz CT molecular complexity index is 311. The van der Waals surface area contributed by atoms with Crippen LogP contribution >= 0.6 is 23.4 Å². The van der Waals surface area contributed by atoms with Gasteiger partial charge in [-0.2, -0.15) is 11.8 Å². The number of thioether (sulfide) groups is 1. The molecule has 0 aromatic heterocycles. The van der Waals surface area contributed by atoms with E-state index in [2.05, 4.69) is 31.3 Å². The Hall–Kier alpha value is -0.180. The molecule has 1 unspecified atom stereocenters. The van der Waals surface area contributed by atoms with Crippen molar-refractivity contribution in [1.29, 1.82) is 0 Å². The van der Waals surface area contributed by atoms with Gasteiger partial charge in [-0.15, -0.1) is 0 Å². The smallest absolute Gasteiger partial charge is 0.0446 e. The zero-order valence-electron chi connectivity index (χ0n) is 10.7. The fourth-order valence-electron chi connectivity index (χ4n) is 1.81. The van der Waals surface area contributed by atoms with Crippen LogP contribution in [0.15, 0.2) is 24.3 Å². The topological polar surface area (TPSA) is 12.0 Å². The van der Waals surface area contributed by atoms with E-state index in [1.54, 1.807) is 0 Å². The van der Waals surface area contributed by atoms with Crippen LogP contribution in [0, 0.1) is 0 Å². The molecule has 0 saturated heterocycles. The van der Waals surface area contributed by atoms with Crippen molar-refractivity contribution in [3.8, 4) is 0 Å². The third-order valence-electron chi connectivity index (χ3n) is 2.66. The summed E-state index contributed by atoms with van der Waals surface area (Å²) in [6.07, 6.45) is 2.49. The van der Waals surface area contributed by atoms with Crippen LogP contribution in [0.5, 0.6) is 0 Å². The molecule has 3 heteroatoms. The standard InChI is InChI=1S/C14H22ClNS/c1-3-7-13(16-4-2)11-17-10-12-8-5-6-9-14(12)15/h5-6,8-9,13,16H,3-4,7,10-11H2,1-2H3. The largest absolute Gasteiger partial charge is 0.313 e. The van der Waals surface area contributed by atoms with Crippen molar-refractivity contribution in [2.75, 3.05) is 12.3 Å². The molecule has 0 spiro atoms. The van der Waals surface area contributed by atoms with Gasteiger partial charge in [-0.05, 0) is 24.6 Å². The van der Waals surface area contributed by atoms with Crippen LogP contribution in [0.2, 0.25) is 5.02 Å². The molecule has 0 aliphatic carbocycles. The normalized spacial score (nSPS) is 12.6. The second kappa shape index (κ2) is 8.84. The minimum atomic E-state index is 0.637. The summed E-state index contributed by atoms with van der Waals surface area (Å²) < 4.78 is 0. The summed E-state index contributed by atoms with van der Waals surface area (Å²) in [6.45, 7) is 5.46. The first-order valence-corrected chi connectivity index (χ1v) is 7.85. The highest BCUT2D eigenvalue weighted by molar-refractivity contribution is 7.98. The second-order valence-electron chi connectivity index (χ2n) is 4.15. The monoisotopic (exact) mass is 271 g/mol. The van der Waals surface area contributed by atoms with Gasteiger partial charge in [0.05, 0.1) is 0 Å². The predicted molar refractivity (Wildman–Crippen MR) is 80.0 cm³/mol. The highest BCUT2D eigenvalue weighted by atomic mass is 35.5. The first-order valence-electron chi connectivity index (χ1n) is 6.32. The van der Waals surface area contributed by atoms with Crippen molar-refractivity contribution in [2.24, 2.45) is 0 Å². The Kier molecular flexibility index (Phi) is 7.74. The molecule has 1 atom stereocenters. The van der Waals surface area contributed by atoms with Gasteiger partial charge in [0.15, 0.2) is 0 Å². The molecule has 1 nitrogen and oxygen atoms in total. The van der Waals surface area contributed by atoms with Gasteiger partial charge >= 0.3 is 0 Å². The molecular formula is C14H22ClNS. The van der Waals surface area contributed by atoms with Crippen LogP contribution in [0.25, 0.3) is 0 Å². The summed E-state index contributed by atoms with van der Waals surface area (Å²) in [5, 5.41) is 4.42. The fraction of sp³-hybridized carbons (Fsp3) is 0.571. The van der Waals surface area contributed by atoms with E-state index in [0.717, 1.165) is 23.1 Å². The molecule has 1 rings (SSSR count). The number of nitrogens with one attached hydrogen (secondary N) is 1. The Morgan fingerprint density at radius 2 is 2.06 bits per heavy atom. The molecule has 0 aliphatic rings. The average Bonchev–Trinajstić information content (AvgIpc) is 2.32. The average molecular weight is 272 g/mol. The second-order valence-corrected chi connectivity index (χ2v) is 5.59. The minimum Gasteiger partial charge on any atom is -0.313 e. The summed E-state index contributed by atoms with van der Waals surface area (Å²) in [6, 6.07) is 8.74. The summed E-state index contributed by atoms with van der Waals surface area (Å²) in [4.78, 5) is 0. The van der Waals surface area contributed by atoms with E-state index >= 15 is 0 Å². The van der Waals surface area contributed by atoms with Crippen LogP contribution in [-0.2, 0) is 5.75 Å². The molecule has 0 heterocycles. The van der Waals surface area contributed by atoms with Gasteiger partial charge in [0.25, 0.3) is 0 Å². The van der Waals surface area contributed by atoms with Gasteiger partial charge in [-0.3, -0.25) is 0 Å². The van der Waals surface area contributed by atoms with Gasteiger partial charge in [-0.25, -0.2) is 0 Å². The van der Waals surface area contributed by atoms with Crippen LogP contribution in [0.4, 0.5) is 0 Å². The van der Waals surface area contributed by atoms with Gasteiger partial charge in [-0.1, -0.05) is 50.1 Å². The molecule has 0 radical (unpaired) electrons. The maximum Gasteiger partial charge on any atom is 0.0446 e. The van der Waals surface area contributed by atoms with E-state index in [-0.39, 0.29) is 0 Å². The molecule has 0 bridgehead atoms. The first kappa shape index (κ1) is 14.9. The van der Waals surface area contributed by atoms with Gasteiger partial charge < -0.3 is 5.32 Å². The van der Waals surface area contributed by atoms with Crippen molar-refractivity contribution in [2.45, 2.75) is 38.5 Å². The van der Waals surface area contributed by atoms with Crippen molar-refractivity contribution in [1.82, 2.24) is 5.32 Å². The SMILES string of the molecule is CCCC(CSCc1ccccc1Cl)NCC. The summed E-state index contributed by atoms with van der Waals surface area (Å²) in [5.41, 5.74) is 1.24. The molecule has 17 heavy (non-hydrogen) atoms. The number of rotatable bonds is 8. The van der Waals surface area contributed by atoms with Crippen molar-refractivity contribution >= 4 is 23.4 Å². The predicted octanol–water partition coefficient (Wildman–Crippen LogP) is 4.35. The number of hydrogen-bond acceptors (Lipinski definition) is 2. The van der Waals surface area contributed by atoms with E-state index in [1.165, 1.54) is 18.4 Å². The molecule has 0 saturated carbocycles. The van der Waals surface area contributed by atoms with Crippen molar-refractivity contribution in [3.63, 3.8) is 0 Å². The van der Waals surface area contributed by atoms with Gasteiger partial charge in [0.2, 0.25) is 0 Å². The Morgan fingerprint density at radius 1 is 1.29 bits per heavy atom. The van der Waals surface area contributed by atoms with Crippen molar-refractivity contribution < 1.29 is 0 Å². The number of halogens is 1. The fourth-order valence-corrected chi connectivity index (χ4v) is 3.25. The molecular weight excluding hydrogens is 250 g/mol. The molecule has 0 fully saturated rings. The zero-order valence-corrected chi connectivity index (χ0v) is 12.3. The number of benzene rings is 1. The van der Waals surface area contributed by atoms with E-state index in [9.17, 15) is 0 Å². The summed E-state index contributed by atoms with van der Waals surface area (Å²) in [5.74, 6) is 2.16. The third kappa shape index (κ3) is 5.80. The van der Waals surface area contributed by atoms with Gasteiger partial charge in [0.1, 0.15) is 0 Å². The highest BCUT2D eigenvalue weighted by Gasteiger charge is 2.06. The highest BCUT2D eigenvalue weighted by Crippen LogP contribution is 2.21. The Morgan fingerprint density at radius 3 is 2.71 bits per heavy atom. The van der Waals surface area contributed by atoms with Crippen LogP contribution in [0.3, 0.4) is 0 Å². The maximum atomic E-state index is 6.13. The molecule has 1 aromatic carbocycles. The lowest BCUT2D eigenvalue weighted by Gasteiger charge is -2.16. The zero-order chi connectivity index (χ0) is 12.5. The van der Waals surface area contributed by atoms with Crippen molar-refractivity contribution in [3.05, 3.63) is 34.9 Å². The Labute approximate surface area is 114 Å². The van der Waals surface area contributed by atoms with E-state index in [1.807, 2.05) is 23.9 Å². The third-order valence-corrected chi connectivity index (χ3v) is 4.19. The lowest BCUT2D eigenvalue weighted by molar-refractivity contribution is 0.531. The van der Waals surface area contributed by atoms with E-state index < -0.39 is 0 Å². The molecule has 0 aliphatic heterocycles. The van der Waals surface area contributed by atoms with E-state index in [0.29, 0.717) is 6.04 Å². The number of hydrogen-bond donors (Lipinski definition) is 1. The lowest BCUT2D eigenvalue weighted by atomic mass is 10.2. The quantitative estimate of drug-likeness (QED) is 0.754. The van der Waals surface area contributed by atoms with Gasteiger partial charge in [0, 0.05) is 22.6 Å². The summed E-state index contributed by atoms with van der Waals surface area (Å²) >= 11 is 8.09. The first-order chi connectivity index (χ1) is 8.27. The van der Waals surface area contributed by atoms with Crippen LogP contribution in [0.1, 0.15) is 32.3 Å². The molecule has 0 amide bonds. The maximum absolute atomic E-state index is 6.13. The summed E-state index contributed by atoms with van der Waals surface area (Å²) in [7, 11) is 0.